The van der Waals surface area contributed by atoms with Crippen LogP contribution in [0, 0.1) is 12.3 Å². The lowest BCUT2D eigenvalue weighted by molar-refractivity contribution is -0.130. The van der Waals surface area contributed by atoms with Crippen LogP contribution in [0.5, 0.6) is 0 Å². The van der Waals surface area contributed by atoms with Crippen LogP contribution in [0.3, 0.4) is 0 Å². The molecule has 1 saturated carbocycles. The molecule has 0 saturated heterocycles. The van der Waals surface area contributed by atoms with Crippen molar-refractivity contribution in [1.29, 1.82) is 0 Å². The van der Waals surface area contributed by atoms with Gasteiger partial charge in [0.25, 0.3) is 0 Å². The molecule has 0 bridgehead atoms. The van der Waals surface area contributed by atoms with Gasteiger partial charge in [-0.3, -0.25) is 9.59 Å². The number of ketones is 2. The quantitative estimate of drug-likeness (QED) is 0.457. The summed E-state index contributed by atoms with van der Waals surface area (Å²) in [6, 6.07) is 1.44. The number of carbonyl (C=O) groups excluding carboxylic acids is 2. The van der Waals surface area contributed by atoms with Crippen molar-refractivity contribution in [1.82, 2.24) is 0 Å². The van der Waals surface area contributed by atoms with Gasteiger partial charge in [-0.15, -0.1) is 0 Å². The van der Waals surface area contributed by atoms with Crippen LogP contribution < -0.4 is 0 Å². The molecule has 0 unspecified atom stereocenters. The number of sulfone groups is 1. The van der Waals surface area contributed by atoms with Crippen LogP contribution in [0.25, 0.3) is 5.76 Å². The van der Waals surface area contributed by atoms with Gasteiger partial charge in [0.1, 0.15) is 11.3 Å². The van der Waals surface area contributed by atoms with Crippen molar-refractivity contribution in [3.05, 3.63) is 33.4 Å². The summed E-state index contributed by atoms with van der Waals surface area (Å²) in [5, 5.41) is 10.8. The Hall–Kier alpha value is -1.66. The molecule has 1 fully saturated rings. The third-order valence-electron chi connectivity index (χ3n) is 5.02. The lowest BCUT2D eigenvalue weighted by Gasteiger charge is -2.29. The Balaban J connectivity index is 2.26. The highest BCUT2D eigenvalue weighted by Gasteiger charge is 2.41. The fourth-order valence-corrected chi connectivity index (χ4v) is 5.71. The predicted molar refractivity (Wildman–Crippen MR) is 94.5 cm³/mol. The molecular weight excluding hydrogens is 364 g/mol. The third kappa shape index (κ3) is 2.72. The topological polar surface area (TPSA) is 88.5 Å². The van der Waals surface area contributed by atoms with Gasteiger partial charge in [-0.1, -0.05) is 25.4 Å². The summed E-state index contributed by atoms with van der Waals surface area (Å²) < 4.78 is 24.3. The van der Waals surface area contributed by atoms with E-state index in [0.29, 0.717) is 17.5 Å². The molecule has 1 aliphatic heterocycles. The average molecular weight is 383 g/mol. The fourth-order valence-electron chi connectivity index (χ4n) is 3.52. The van der Waals surface area contributed by atoms with Gasteiger partial charge in [-0.2, -0.15) is 0 Å². The molecule has 1 aliphatic carbocycles. The predicted octanol–water partition coefficient (Wildman–Crippen LogP) is 3.21. The van der Waals surface area contributed by atoms with Crippen LogP contribution in [-0.4, -0.2) is 30.8 Å². The minimum absolute atomic E-state index is 0.0332. The van der Waals surface area contributed by atoms with Crippen LogP contribution in [0.15, 0.2) is 16.5 Å². The molecule has 0 aromatic heterocycles. The minimum atomic E-state index is -3.38. The number of halogens is 1. The second-order valence-corrected chi connectivity index (χ2v) is 9.72. The lowest BCUT2D eigenvalue weighted by atomic mass is 9.72. The summed E-state index contributed by atoms with van der Waals surface area (Å²) in [5.41, 5.74) is 0.0642. The summed E-state index contributed by atoms with van der Waals surface area (Å²) >= 11 is 6.35. The van der Waals surface area contributed by atoms with Gasteiger partial charge in [0.15, 0.2) is 21.4 Å². The van der Waals surface area contributed by atoms with Crippen molar-refractivity contribution in [3.63, 3.8) is 0 Å². The Labute approximate surface area is 151 Å². The molecule has 0 atom stereocenters. The van der Waals surface area contributed by atoms with Crippen molar-refractivity contribution in [2.45, 2.75) is 44.9 Å². The first-order valence-corrected chi connectivity index (χ1v) is 10.1. The van der Waals surface area contributed by atoms with Gasteiger partial charge in [0.2, 0.25) is 0 Å². The van der Waals surface area contributed by atoms with Crippen molar-refractivity contribution in [3.8, 4) is 0 Å². The van der Waals surface area contributed by atoms with E-state index in [2.05, 4.69) is 0 Å². The molecule has 0 amide bonds. The number of Topliss-reactive ketones (excluding diaryl/α,β-unsaturated/α-hetero) is 2. The summed E-state index contributed by atoms with van der Waals surface area (Å²) in [5.74, 6) is -1.32. The standard InChI is InChI=1S/C18H19ClO5S/c1-9-8-11(14(19)10-5-7-25(23,24)16(9)10)15(21)13-12(20)4-6-18(2,3)17(13)22/h8,21H,4-7H2,1-3H3/b15-13-. The Bertz CT molecular complexity index is 954. The van der Waals surface area contributed by atoms with Crippen molar-refractivity contribution in [2.75, 3.05) is 5.75 Å². The number of aliphatic hydroxyl groups is 1. The van der Waals surface area contributed by atoms with E-state index in [-0.39, 0.29) is 39.6 Å². The van der Waals surface area contributed by atoms with Gasteiger partial charge >= 0.3 is 0 Å². The molecule has 1 aromatic rings. The summed E-state index contributed by atoms with van der Waals surface area (Å²) in [6.07, 6.45) is 0.853. The molecular formula is C18H19ClO5S. The molecule has 25 heavy (non-hydrogen) atoms. The van der Waals surface area contributed by atoms with Crippen LogP contribution in [0.2, 0.25) is 5.02 Å². The summed E-state index contributed by atoms with van der Waals surface area (Å²) in [7, 11) is -3.38. The Morgan fingerprint density at radius 1 is 1.24 bits per heavy atom. The smallest absolute Gasteiger partial charge is 0.179 e. The van der Waals surface area contributed by atoms with E-state index in [0.717, 1.165) is 0 Å². The van der Waals surface area contributed by atoms with Crippen molar-refractivity contribution in [2.24, 2.45) is 5.41 Å². The molecule has 1 aromatic carbocycles. The first-order chi connectivity index (χ1) is 11.5. The number of aryl methyl sites for hydroxylation is 1. The van der Waals surface area contributed by atoms with E-state index in [1.54, 1.807) is 20.8 Å². The zero-order chi connectivity index (χ0) is 18.7. The molecule has 1 N–H and O–H groups in total. The highest BCUT2D eigenvalue weighted by molar-refractivity contribution is 7.91. The van der Waals surface area contributed by atoms with Gasteiger partial charge in [-0.25, -0.2) is 8.42 Å². The number of fused-ring (bicyclic) bond motifs is 1. The SMILES string of the molecule is Cc1cc(/C(O)=C2\C(=O)CCC(C)(C)C2=O)c(Cl)c2c1S(=O)(=O)CC2. The monoisotopic (exact) mass is 382 g/mol. The number of benzene rings is 1. The molecule has 0 radical (unpaired) electrons. The van der Waals surface area contributed by atoms with E-state index < -0.39 is 32.6 Å². The van der Waals surface area contributed by atoms with Crippen LogP contribution in [0.4, 0.5) is 0 Å². The first kappa shape index (κ1) is 18.1. The van der Waals surface area contributed by atoms with Crippen LogP contribution >= 0.6 is 11.6 Å². The lowest BCUT2D eigenvalue weighted by Crippen LogP contribution is -2.35. The maximum absolute atomic E-state index is 12.6. The Morgan fingerprint density at radius 2 is 1.88 bits per heavy atom. The Kier molecular flexibility index (Phi) is 4.12. The van der Waals surface area contributed by atoms with Gasteiger partial charge < -0.3 is 5.11 Å². The second kappa shape index (κ2) is 5.68. The molecule has 7 heteroatoms. The maximum Gasteiger partial charge on any atom is 0.179 e. The van der Waals surface area contributed by atoms with E-state index in [1.165, 1.54) is 6.07 Å². The van der Waals surface area contributed by atoms with Crippen LogP contribution in [0.1, 0.15) is 43.4 Å². The number of allylic oxidation sites excluding steroid dienone is 1. The van der Waals surface area contributed by atoms with E-state index in [9.17, 15) is 23.1 Å². The zero-order valence-corrected chi connectivity index (χ0v) is 15.8. The molecule has 2 aliphatic rings. The molecule has 134 valence electrons. The zero-order valence-electron chi connectivity index (χ0n) is 14.3. The van der Waals surface area contributed by atoms with E-state index >= 15 is 0 Å². The van der Waals surface area contributed by atoms with Crippen molar-refractivity contribution < 1.29 is 23.1 Å². The first-order valence-electron chi connectivity index (χ1n) is 8.03. The van der Waals surface area contributed by atoms with E-state index in [4.69, 9.17) is 11.6 Å². The number of hydrogen-bond acceptors (Lipinski definition) is 5. The van der Waals surface area contributed by atoms with Gasteiger partial charge in [0, 0.05) is 17.4 Å². The summed E-state index contributed by atoms with van der Waals surface area (Å²) in [6.45, 7) is 5.09. The maximum atomic E-state index is 12.6. The highest BCUT2D eigenvalue weighted by atomic mass is 35.5. The molecule has 1 heterocycles. The molecule has 5 nitrogen and oxygen atoms in total. The fraction of sp³-hybridized carbons (Fsp3) is 0.444. The number of aliphatic hydroxyl groups excluding tert-OH is 1. The van der Waals surface area contributed by atoms with Gasteiger partial charge in [-0.05, 0) is 37.0 Å². The van der Waals surface area contributed by atoms with Gasteiger partial charge in [0.05, 0.1) is 15.7 Å². The molecule has 3 rings (SSSR count). The number of hydrogen-bond donors (Lipinski definition) is 1. The molecule has 0 spiro atoms. The second-order valence-electron chi connectivity index (χ2n) is 7.29. The normalized spacial score (nSPS) is 23.5. The minimum Gasteiger partial charge on any atom is -0.506 e. The van der Waals surface area contributed by atoms with Crippen LogP contribution in [-0.2, 0) is 25.8 Å². The third-order valence-corrected chi connectivity index (χ3v) is 7.38. The highest BCUT2D eigenvalue weighted by Crippen LogP contribution is 2.41. The Morgan fingerprint density at radius 3 is 2.52 bits per heavy atom. The van der Waals surface area contributed by atoms with Crippen molar-refractivity contribution >= 4 is 38.8 Å². The largest absolute Gasteiger partial charge is 0.506 e. The average Bonchev–Trinajstić information content (AvgIpc) is 2.84. The summed E-state index contributed by atoms with van der Waals surface area (Å²) in [4.78, 5) is 25.1. The number of carbonyl (C=O) groups is 2. The van der Waals surface area contributed by atoms with E-state index in [1.807, 2.05) is 0 Å². The number of rotatable bonds is 1.